The summed E-state index contributed by atoms with van der Waals surface area (Å²) in [6, 6.07) is 0. The minimum absolute atomic E-state index is 0.159. The lowest BCUT2D eigenvalue weighted by atomic mass is 10.1. The van der Waals surface area contributed by atoms with Gasteiger partial charge in [0.25, 0.3) is 0 Å². The highest BCUT2D eigenvalue weighted by Gasteiger charge is 2.12. The summed E-state index contributed by atoms with van der Waals surface area (Å²) in [5.74, 6) is 0. The van der Waals surface area contributed by atoms with Crippen molar-refractivity contribution in [3.63, 3.8) is 0 Å². The van der Waals surface area contributed by atoms with E-state index in [0.717, 1.165) is 19.3 Å². The Morgan fingerprint density at radius 3 is 1.75 bits per heavy atom. The van der Waals surface area contributed by atoms with Crippen LogP contribution in [0.25, 0.3) is 0 Å². The topological polar surface area (TPSA) is 61.8 Å². The van der Waals surface area contributed by atoms with Crippen LogP contribution in [0.3, 0.4) is 0 Å². The molecular formula is C14H30O5S. The summed E-state index contributed by atoms with van der Waals surface area (Å²) in [4.78, 5) is 4.34. The number of unbranched alkanes of at least 4 members (excludes halogenated alkanes) is 9. The molecule has 0 fully saturated rings. The summed E-state index contributed by atoms with van der Waals surface area (Å²) in [6.45, 7) is 4.19. The average molecular weight is 310 g/mol. The van der Waals surface area contributed by atoms with Gasteiger partial charge in [-0.05, 0) is 13.3 Å². The first-order valence-corrected chi connectivity index (χ1v) is 9.16. The zero-order valence-corrected chi connectivity index (χ0v) is 13.8. The Balaban J connectivity index is 3.24. The molecule has 6 heteroatoms. The van der Waals surface area contributed by atoms with Gasteiger partial charge in [0, 0.05) is 0 Å². The fourth-order valence-corrected chi connectivity index (χ4v) is 2.45. The molecule has 0 aliphatic rings. The second kappa shape index (κ2) is 13.8. The first-order valence-electron chi connectivity index (χ1n) is 7.82. The monoisotopic (exact) mass is 310 g/mol. The maximum atomic E-state index is 11.1. The molecule has 0 radical (unpaired) electrons. The van der Waals surface area contributed by atoms with Crippen molar-refractivity contribution >= 4 is 10.4 Å². The number of hydrogen-bond acceptors (Lipinski definition) is 5. The van der Waals surface area contributed by atoms with Crippen LogP contribution in [0.4, 0.5) is 0 Å². The molecule has 0 aliphatic heterocycles. The largest absolute Gasteiger partial charge is 0.426 e. The van der Waals surface area contributed by atoms with Gasteiger partial charge in [-0.15, -0.1) is 0 Å². The number of rotatable bonds is 15. The minimum atomic E-state index is -3.98. The molecule has 0 saturated heterocycles. The van der Waals surface area contributed by atoms with E-state index in [9.17, 15) is 8.42 Å². The van der Waals surface area contributed by atoms with Crippen LogP contribution in [0.1, 0.15) is 78.1 Å². The average Bonchev–Trinajstić information content (AvgIpc) is 2.42. The van der Waals surface area contributed by atoms with E-state index in [4.69, 9.17) is 0 Å². The zero-order chi connectivity index (χ0) is 15.1. The second-order valence-electron chi connectivity index (χ2n) is 4.89. The van der Waals surface area contributed by atoms with Gasteiger partial charge >= 0.3 is 10.4 Å². The summed E-state index contributed by atoms with van der Waals surface area (Å²) in [7, 11) is -3.98. The third-order valence-corrected chi connectivity index (χ3v) is 3.69. The van der Waals surface area contributed by atoms with Crippen LogP contribution in [0.15, 0.2) is 0 Å². The van der Waals surface area contributed by atoms with Gasteiger partial charge < -0.3 is 0 Å². The predicted octanol–water partition coefficient (Wildman–Crippen LogP) is 4.14. The minimum Gasteiger partial charge on any atom is -0.246 e. The molecule has 0 heterocycles. The predicted molar refractivity (Wildman–Crippen MR) is 79.4 cm³/mol. The van der Waals surface area contributed by atoms with Crippen molar-refractivity contribution in [2.45, 2.75) is 78.1 Å². The maximum Gasteiger partial charge on any atom is 0.426 e. The lowest BCUT2D eigenvalue weighted by Crippen LogP contribution is -2.11. The molecule has 122 valence electrons. The zero-order valence-electron chi connectivity index (χ0n) is 12.9. The van der Waals surface area contributed by atoms with E-state index in [1.54, 1.807) is 6.92 Å². The first-order chi connectivity index (χ1) is 9.62. The van der Waals surface area contributed by atoms with Gasteiger partial charge in [0.2, 0.25) is 0 Å². The Kier molecular flexibility index (Phi) is 13.7. The fraction of sp³-hybridized carbons (Fsp3) is 1.00. The van der Waals surface area contributed by atoms with Crippen molar-refractivity contribution in [3.05, 3.63) is 0 Å². The van der Waals surface area contributed by atoms with Crippen molar-refractivity contribution in [3.8, 4) is 0 Å². The van der Waals surface area contributed by atoms with Crippen molar-refractivity contribution in [2.24, 2.45) is 0 Å². The van der Waals surface area contributed by atoms with E-state index >= 15 is 0 Å². The quantitative estimate of drug-likeness (QED) is 0.258. The van der Waals surface area contributed by atoms with E-state index in [0.29, 0.717) is 0 Å². The molecule has 0 aromatic rings. The van der Waals surface area contributed by atoms with Crippen LogP contribution in [0, 0.1) is 0 Å². The van der Waals surface area contributed by atoms with E-state index in [2.05, 4.69) is 20.3 Å². The van der Waals surface area contributed by atoms with Crippen molar-refractivity contribution < 1.29 is 21.8 Å². The Morgan fingerprint density at radius 1 is 0.750 bits per heavy atom. The molecule has 0 aliphatic carbocycles. The molecule has 5 nitrogen and oxygen atoms in total. The molecule has 0 amide bonds. The lowest BCUT2D eigenvalue weighted by Gasteiger charge is -2.04. The third-order valence-electron chi connectivity index (χ3n) is 2.97. The van der Waals surface area contributed by atoms with Gasteiger partial charge in [0.05, 0.1) is 13.2 Å². The molecule has 0 atom stereocenters. The highest BCUT2D eigenvalue weighted by molar-refractivity contribution is 7.81. The molecule has 0 N–H and O–H groups in total. The highest BCUT2D eigenvalue weighted by atomic mass is 32.3. The van der Waals surface area contributed by atoms with Crippen LogP contribution in [-0.4, -0.2) is 21.6 Å². The van der Waals surface area contributed by atoms with E-state index in [-0.39, 0.29) is 13.2 Å². The first kappa shape index (κ1) is 19.8. The van der Waals surface area contributed by atoms with Crippen molar-refractivity contribution in [1.82, 2.24) is 0 Å². The fourth-order valence-electron chi connectivity index (χ4n) is 1.88. The summed E-state index contributed by atoms with van der Waals surface area (Å²) >= 11 is 0. The summed E-state index contributed by atoms with van der Waals surface area (Å²) in [5, 5.41) is 0. The van der Waals surface area contributed by atoms with Gasteiger partial charge in [0.1, 0.15) is 0 Å². The Hall–Kier alpha value is -0.170. The molecule has 0 unspecified atom stereocenters. The molecule has 0 aromatic heterocycles. The van der Waals surface area contributed by atoms with Gasteiger partial charge in [0.15, 0.2) is 0 Å². The van der Waals surface area contributed by atoms with E-state index < -0.39 is 10.4 Å². The Bertz CT molecular complexity index is 290. The molecule has 0 saturated carbocycles. The highest BCUT2D eigenvalue weighted by Crippen LogP contribution is 2.10. The van der Waals surface area contributed by atoms with Crippen LogP contribution < -0.4 is 0 Å². The summed E-state index contributed by atoms with van der Waals surface area (Å²) in [6.07, 6.45) is 12.0. The normalized spacial score (nSPS) is 11.9. The lowest BCUT2D eigenvalue weighted by molar-refractivity contribution is -0.205. The maximum absolute atomic E-state index is 11.1. The SMILES string of the molecule is CCCCCCCCCCCCOS(=O)(=O)OOCC. The molecule has 0 aromatic carbocycles. The Morgan fingerprint density at radius 2 is 1.25 bits per heavy atom. The van der Waals surface area contributed by atoms with Crippen LogP contribution in [0.2, 0.25) is 0 Å². The molecule has 0 spiro atoms. The van der Waals surface area contributed by atoms with Gasteiger partial charge in [-0.3, -0.25) is 0 Å². The van der Waals surface area contributed by atoms with Crippen LogP contribution >= 0.6 is 0 Å². The third kappa shape index (κ3) is 14.2. The van der Waals surface area contributed by atoms with E-state index in [1.165, 1.54) is 44.9 Å². The molecule has 0 rings (SSSR count). The summed E-state index contributed by atoms with van der Waals surface area (Å²) < 4.78 is 30.9. The number of hydrogen-bond donors (Lipinski definition) is 0. The smallest absolute Gasteiger partial charge is 0.246 e. The van der Waals surface area contributed by atoms with Crippen LogP contribution in [-0.2, 0) is 23.8 Å². The Labute approximate surface area is 124 Å². The van der Waals surface area contributed by atoms with Gasteiger partial charge in [-0.2, -0.15) is 8.42 Å². The summed E-state index contributed by atoms with van der Waals surface area (Å²) in [5.41, 5.74) is 0. The van der Waals surface area contributed by atoms with Crippen LogP contribution in [0.5, 0.6) is 0 Å². The van der Waals surface area contributed by atoms with Crippen molar-refractivity contribution in [2.75, 3.05) is 13.2 Å². The van der Waals surface area contributed by atoms with Gasteiger partial charge in [-0.1, -0.05) is 69.0 Å². The molecular weight excluding hydrogens is 280 g/mol. The molecule has 0 bridgehead atoms. The second-order valence-corrected chi connectivity index (χ2v) is 6.08. The van der Waals surface area contributed by atoms with E-state index in [1.807, 2.05) is 0 Å². The standard InChI is InChI=1S/C14H30O5S/c1-3-5-6-7-8-9-10-11-12-13-14-18-20(15,16)19-17-4-2/h3-14H2,1-2H3. The van der Waals surface area contributed by atoms with Crippen molar-refractivity contribution in [1.29, 1.82) is 0 Å². The van der Waals surface area contributed by atoms with Gasteiger partial charge in [-0.25, -0.2) is 9.07 Å². The molecule has 20 heavy (non-hydrogen) atoms.